The Morgan fingerprint density at radius 1 is 1.58 bits per heavy atom. The molecule has 0 aromatic carbocycles. The summed E-state index contributed by atoms with van der Waals surface area (Å²) in [5.41, 5.74) is 0.932. The Kier molecular flexibility index (Phi) is 2.13. The van der Waals surface area contributed by atoms with Crippen LogP contribution in [0.1, 0.15) is 25.0 Å². The van der Waals surface area contributed by atoms with E-state index in [4.69, 9.17) is 5.11 Å². The second-order valence-corrected chi connectivity index (χ2v) is 3.46. The first-order valence-electron chi connectivity index (χ1n) is 4.51. The molecule has 0 radical (unpaired) electrons. The number of aliphatic hydroxyl groups excluding tert-OH is 1. The van der Waals surface area contributed by atoms with Gasteiger partial charge in [-0.05, 0) is 24.8 Å². The zero-order chi connectivity index (χ0) is 8.39. The van der Waals surface area contributed by atoms with Crippen LogP contribution in [0.15, 0.2) is 12.3 Å². The SMILES string of the molecule is OCc1ccnn1CC1CCC1. The van der Waals surface area contributed by atoms with Crippen LogP contribution in [0.4, 0.5) is 0 Å². The lowest BCUT2D eigenvalue weighted by Gasteiger charge is -2.25. The lowest BCUT2D eigenvalue weighted by Crippen LogP contribution is -2.20. The van der Waals surface area contributed by atoms with Crippen molar-refractivity contribution in [3.63, 3.8) is 0 Å². The Bertz CT molecular complexity index is 253. The molecule has 1 aromatic rings. The number of hydrogen-bond donors (Lipinski definition) is 1. The van der Waals surface area contributed by atoms with Gasteiger partial charge in [-0.25, -0.2) is 0 Å². The van der Waals surface area contributed by atoms with E-state index in [2.05, 4.69) is 5.10 Å². The van der Waals surface area contributed by atoms with E-state index in [9.17, 15) is 0 Å². The van der Waals surface area contributed by atoms with E-state index in [0.717, 1.165) is 18.2 Å². The Hall–Kier alpha value is -0.830. The van der Waals surface area contributed by atoms with E-state index in [0.29, 0.717) is 0 Å². The maximum absolute atomic E-state index is 8.95. The quantitative estimate of drug-likeness (QED) is 0.732. The molecule has 1 saturated carbocycles. The highest BCUT2D eigenvalue weighted by molar-refractivity contribution is 4.98. The molecule has 0 saturated heterocycles. The van der Waals surface area contributed by atoms with Crippen LogP contribution in [0.3, 0.4) is 0 Å². The van der Waals surface area contributed by atoms with Crippen LogP contribution in [0.2, 0.25) is 0 Å². The van der Waals surface area contributed by atoms with Crippen LogP contribution < -0.4 is 0 Å². The summed E-state index contributed by atoms with van der Waals surface area (Å²) in [7, 11) is 0. The zero-order valence-electron chi connectivity index (χ0n) is 7.11. The second-order valence-electron chi connectivity index (χ2n) is 3.46. The van der Waals surface area contributed by atoms with Crippen LogP contribution in [0, 0.1) is 5.92 Å². The van der Waals surface area contributed by atoms with Crippen molar-refractivity contribution in [2.24, 2.45) is 5.92 Å². The predicted octanol–water partition coefficient (Wildman–Crippen LogP) is 1.18. The van der Waals surface area contributed by atoms with Crippen molar-refractivity contribution < 1.29 is 5.11 Å². The summed E-state index contributed by atoms with van der Waals surface area (Å²) in [5, 5.41) is 13.1. The Morgan fingerprint density at radius 2 is 2.42 bits per heavy atom. The first-order valence-corrected chi connectivity index (χ1v) is 4.51. The van der Waals surface area contributed by atoms with Crippen molar-refractivity contribution >= 4 is 0 Å². The van der Waals surface area contributed by atoms with Gasteiger partial charge in [-0.1, -0.05) is 6.42 Å². The Labute approximate surface area is 72.0 Å². The molecule has 0 atom stereocenters. The minimum atomic E-state index is 0.104. The number of nitrogens with zero attached hydrogens (tertiary/aromatic N) is 2. The molecule has 1 aromatic heterocycles. The molecule has 1 aliphatic carbocycles. The molecule has 0 unspecified atom stereocenters. The molecule has 3 heteroatoms. The molecule has 1 N–H and O–H groups in total. The molecule has 12 heavy (non-hydrogen) atoms. The summed E-state index contributed by atoms with van der Waals surface area (Å²) < 4.78 is 1.92. The van der Waals surface area contributed by atoms with Crippen LogP contribution in [0.5, 0.6) is 0 Å². The van der Waals surface area contributed by atoms with Crippen LogP contribution >= 0.6 is 0 Å². The first-order chi connectivity index (χ1) is 5.90. The molecular formula is C9H14N2O. The Balaban J connectivity index is 2.00. The molecule has 0 amide bonds. The van der Waals surface area contributed by atoms with Gasteiger partial charge in [0.05, 0.1) is 12.3 Å². The van der Waals surface area contributed by atoms with Gasteiger partial charge >= 0.3 is 0 Å². The highest BCUT2D eigenvalue weighted by Gasteiger charge is 2.18. The molecule has 1 heterocycles. The number of rotatable bonds is 3. The van der Waals surface area contributed by atoms with Crippen molar-refractivity contribution in [3.05, 3.63) is 18.0 Å². The normalized spacial score (nSPS) is 17.8. The second kappa shape index (κ2) is 3.27. The molecule has 2 rings (SSSR count). The zero-order valence-corrected chi connectivity index (χ0v) is 7.11. The van der Waals surface area contributed by atoms with Gasteiger partial charge in [-0.15, -0.1) is 0 Å². The standard InChI is InChI=1S/C9H14N2O/c12-7-9-4-5-10-11(9)6-8-2-1-3-8/h4-5,8,12H,1-3,6-7H2. The van der Waals surface area contributed by atoms with Gasteiger partial charge < -0.3 is 5.11 Å². The van der Waals surface area contributed by atoms with Gasteiger partial charge in [-0.2, -0.15) is 5.10 Å². The molecule has 3 nitrogen and oxygen atoms in total. The van der Waals surface area contributed by atoms with E-state index in [1.54, 1.807) is 6.20 Å². The van der Waals surface area contributed by atoms with Crippen molar-refractivity contribution in [2.75, 3.05) is 0 Å². The fourth-order valence-corrected chi connectivity index (χ4v) is 1.58. The number of hydrogen-bond acceptors (Lipinski definition) is 2. The fourth-order valence-electron chi connectivity index (χ4n) is 1.58. The summed E-state index contributed by atoms with van der Waals surface area (Å²) in [6.07, 6.45) is 5.76. The van der Waals surface area contributed by atoms with Gasteiger partial charge in [0, 0.05) is 12.7 Å². The highest BCUT2D eigenvalue weighted by Crippen LogP contribution is 2.27. The predicted molar refractivity (Wildman–Crippen MR) is 45.5 cm³/mol. The number of aliphatic hydroxyl groups is 1. The van der Waals surface area contributed by atoms with E-state index in [1.165, 1.54) is 19.3 Å². The van der Waals surface area contributed by atoms with Crippen LogP contribution in [-0.4, -0.2) is 14.9 Å². The lowest BCUT2D eigenvalue weighted by atomic mass is 9.85. The largest absolute Gasteiger partial charge is 0.390 e. The first kappa shape index (κ1) is 7.80. The third kappa shape index (κ3) is 1.37. The van der Waals surface area contributed by atoms with E-state index < -0.39 is 0 Å². The van der Waals surface area contributed by atoms with Crippen molar-refractivity contribution in [1.29, 1.82) is 0 Å². The van der Waals surface area contributed by atoms with Gasteiger partial charge in [0.2, 0.25) is 0 Å². The Morgan fingerprint density at radius 3 is 3.00 bits per heavy atom. The summed E-state index contributed by atoms with van der Waals surface area (Å²) >= 11 is 0. The van der Waals surface area contributed by atoms with E-state index in [-0.39, 0.29) is 6.61 Å². The van der Waals surface area contributed by atoms with Crippen LogP contribution in [0.25, 0.3) is 0 Å². The van der Waals surface area contributed by atoms with E-state index in [1.807, 2.05) is 10.7 Å². The average molecular weight is 166 g/mol. The molecule has 0 aliphatic heterocycles. The molecule has 1 aliphatic rings. The average Bonchev–Trinajstić information content (AvgIpc) is 2.43. The summed E-state index contributed by atoms with van der Waals surface area (Å²) in [6.45, 7) is 1.09. The maximum atomic E-state index is 8.95. The van der Waals surface area contributed by atoms with Crippen LogP contribution in [-0.2, 0) is 13.2 Å². The third-order valence-corrected chi connectivity index (χ3v) is 2.62. The van der Waals surface area contributed by atoms with Crippen molar-refractivity contribution in [2.45, 2.75) is 32.4 Å². The van der Waals surface area contributed by atoms with Gasteiger partial charge in [0.15, 0.2) is 0 Å². The third-order valence-electron chi connectivity index (χ3n) is 2.62. The van der Waals surface area contributed by atoms with E-state index >= 15 is 0 Å². The summed E-state index contributed by atoms with van der Waals surface area (Å²) in [5.74, 6) is 0.801. The van der Waals surface area contributed by atoms with Crippen molar-refractivity contribution in [1.82, 2.24) is 9.78 Å². The minimum absolute atomic E-state index is 0.104. The van der Waals surface area contributed by atoms with Crippen molar-refractivity contribution in [3.8, 4) is 0 Å². The molecular weight excluding hydrogens is 152 g/mol. The smallest absolute Gasteiger partial charge is 0.0849 e. The molecule has 0 bridgehead atoms. The topological polar surface area (TPSA) is 38.1 Å². The molecule has 1 fully saturated rings. The molecule has 66 valence electrons. The van der Waals surface area contributed by atoms with Gasteiger partial charge in [0.1, 0.15) is 0 Å². The minimum Gasteiger partial charge on any atom is -0.390 e. The summed E-state index contributed by atoms with van der Waals surface area (Å²) in [6, 6.07) is 1.87. The molecule has 0 spiro atoms. The van der Waals surface area contributed by atoms with Gasteiger partial charge in [0.25, 0.3) is 0 Å². The highest BCUT2D eigenvalue weighted by atomic mass is 16.3. The maximum Gasteiger partial charge on any atom is 0.0849 e. The van der Waals surface area contributed by atoms with Gasteiger partial charge in [-0.3, -0.25) is 4.68 Å². The monoisotopic (exact) mass is 166 g/mol. The number of aromatic nitrogens is 2. The fraction of sp³-hybridized carbons (Fsp3) is 0.667. The summed E-state index contributed by atoms with van der Waals surface area (Å²) in [4.78, 5) is 0. The lowest BCUT2D eigenvalue weighted by molar-refractivity contribution is 0.236.